The molecule has 0 saturated carbocycles. The minimum absolute atomic E-state index is 0.266. The summed E-state index contributed by atoms with van der Waals surface area (Å²) in [7, 11) is 0. The van der Waals surface area contributed by atoms with E-state index < -0.39 is 29.2 Å². The van der Waals surface area contributed by atoms with Gasteiger partial charge < -0.3 is 19.3 Å². The summed E-state index contributed by atoms with van der Waals surface area (Å²) in [6.07, 6.45) is -3.33. The molecule has 1 aliphatic heterocycles. The van der Waals surface area contributed by atoms with Gasteiger partial charge in [0.05, 0.1) is 6.20 Å². The van der Waals surface area contributed by atoms with E-state index in [0.717, 1.165) is 0 Å². The maximum Gasteiger partial charge on any atom is 0.424 e. The summed E-state index contributed by atoms with van der Waals surface area (Å²) in [5, 5.41) is 24.0. The van der Waals surface area contributed by atoms with Crippen molar-refractivity contribution in [2.24, 2.45) is 0 Å². The lowest BCUT2D eigenvalue weighted by molar-refractivity contribution is -0.262. The number of alkyl halides is 3. The first kappa shape index (κ1) is 17.0. The molecule has 0 fully saturated rings. The second kappa shape index (κ2) is 4.82. The molecule has 2 atom stereocenters. The Morgan fingerprint density at radius 2 is 1.88 bits per heavy atom. The zero-order valence-electron chi connectivity index (χ0n) is 13.6. The lowest BCUT2D eigenvalue weighted by atomic mass is 9.92. The van der Waals surface area contributed by atoms with Crippen molar-refractivity contribution < 1.29 is 27.9 Å². The number of fused-ring (bicyclic) bond motifs is 3. The van der Waals surface area contributed by atoms with E-state index in [1.807, 2.05) is 0 Å². The van der Waals surface area contributed by atoms with Gasteiger partial charge in [-0.1, -0.05) is 5.16 Å². The van der Waals surface area contributed by atoms with Crippen molar-refractivity contribution in [1.82, 2.24) is 14.7 Å². The van der Waals surface area contributed by atoms with Crippen LogP contribution in [0.5, 0.6) is 0 Å². The number of imidazole rings is 1. The van der Waals surface area contributed by atoms with Crippen molar-refractivity contribution in [2.45, 2.75) is 57.5 Å². The first-order valence-corrected chi connectivity index (χ1v) is 7.44. The molecule has 0 aromatic carbocycles. The fourth-order valence-corrected chi connectivity index (χ4v) is 3.03. The second-order valence-electron chi connectivity index (χ2n) is 6.86. The standard InChI is InChI=1S/C15H18F3N3O3/c1-7-5-8-10(24-20-11(8)13(2,3)22)9-6-19-12(21(7)9)14(4,23)15(16,17)18/h6-7,22-23H,5H2,1-4H3/t7-,14+/m1/s1. The topological polar surface area (TPSA) is 84.3 Å². The third-order valence-electron chi connectivity index (χ3n) is 4.32. The molecule has 0 aliphatic carbocycles. The molecule has 6 nitrogen and oxygen atoms in total. The van der Waals surface area contributed by atoms with Crippen molar-refractivity contribution in [3.63, 3.8) is 0 Å². The number of nitrogens with zero attached hydrogens (tertiary/aromatic N) is 3. The van der Waals surface area contributed by atoms with Gasteiger partial charge in [0.1, 0.15) is 17.0 Å². The first-order valence-electron chi connectivity index (χ1n) is 7.44. The molecule has 2 aromatic rings. The van der Waals surface area contributed by atoms with Crippen LogP contribution in [0, 0.1) is 0 Å². The Balaban J connectivity index is 2.19. The van der Waals surface area contributed by atoms with E-state index >= 15 is 0 Å². The van der Waals surface area contributed by atoms with Gasteiger partial charge in [-0.25, -0.2) is 4.98 Å². The van der Waals surface area contributed by atoms with Gasteiger partial charge in [-0.2, -0.15) is 13.2 Å². The fraction of sp³-hybridized carbons (Fsp3) is 0.600. The number of hydrogen-bond acceptors (Lipinski definition) is 5. The molecule has 24 heavy (non-hydrogen) atoms. The Hall–Kier alpha value is -1.87. The molecule has 0 bridgehead atoms. The normalized spacial score (nSPS) is 20.5. The number of hydrogen-bond donors (Lipinski definition) is 2. The Morgan fingerprint density at radius 1 is 1.25 bits per heavy atom. The maximum absolute atomic E-state index is 13.2. The number of halogens is 3. The summed E-state index contributed by atoms with van der Waals surface area (Å²) >= 11 is 0. The molecule has 132 valence electrons. The number of aromatic nitrogens is 3. The molecule has 9 heteroatoms. The molecule has 0 unspecified atom stereocenters. The molecular weight excluding hydrogens is 327 g/mol. The van der Waals surface area contributed by atoms with Crippen LogP contribution in [0.4, 0.5) is 13.2 Å². The lowest BCUT2D eigenvalue weighted by Gasteiger charge is -2.31. The molecule has 3 heterocycles. The molecule has 2 aromatic heterocycles. The third kappa shape index (κ3) is 2.26. The summed E-state index contributed by atoms with van der Waals surface area (Å²) in [5.74, 6) is -0.230. The van der Waals surface area contributed by atoms with Crippen molar-refractivity contribution in [3.8, 4) is 11.5 Å². The molecular formula is C15H18F3N3O3. The van der Waals surface area contributed by atoms with Gasteiger partial charge in [0, 0.05) is 11.6 Å². The van der Waals surface area contributed by atoms with E-state index in [2.05, 4.69) is 10.1 Å². The van der Waals surface area contributed by atoms with Gasteiger partial charge in [-0.05, 0) is 34.1 Å². The zero-order valence-corrected chi connectivity index (χ0v) is 13.6. The van der Waals surface area contributed by atoms with Crippen LogP contribution in [0.3, 0.4) is 0 Å². The van der Waals surface area contributed by atoms with Crippen LogP contribution in [0.25, 0.3) is 11.5 Å². The van der Waals surface area contributed by atoms with Crippen LogP contribution >= 0.6 is 0 Å². The van der Waals surface area contributed by atoms with Gasteiger partial charge >= 0.3 is 6.18 Å². The Bertz CT molecular complexity index is 784. The summed E-state index contributed by atoms with van der Waals surface area (Å²) in [6, 6.07) is -0.417. The Morgan fingerprint density at radius 3 is 2.42 bits per heavy atom. The van der Waals surface area contributed by atoms with Crippen molar-refractivity contribution in [2.75, 3.05) is 0 Å². The van der Waals surface area contributed by atoms with E-state index in [4.69, 9.17) is 4.52 Å². The largest absolute Gasteiger partial charge is 0.424 e. The van der Waals surface area contributed by atoms with Gasteiger partial charge in [0.15, 0.2) is 11.6 Å². The van der Waals surface area contributed by atoms with E-state index in [1.165, 1.54) is 10.8 Å². The van der Waals surface area contributed by atoms with Gasteiger partial charge in [-0.15, -0.1) is 0 Å². The predicted molar refractivity (Wildman–Crippen MR) is 77.0 cm³/mol. The zero-order chi connectivity index (χ0) is 18.1. The van der Waals surface area contributed by atoms with Crippen LogP contribution in [0.1, 0.15) is 50.8 Å². The second-order valence-corrected chi connectivity index (χ2v) is 6.86. The average Bonchev–Trinajstić information content (AvgIpc) is 2.99. The summed E-state index contributed by atoms with van der Waals surface area (Å²) in [4.78, 5) is 3.80. The van der Waals surface area contributed by atoms with Gasteiger partial charge in [0.25, 0.3) is 0 Å². The van der Waals surface area contributed by atoms with E-state index in [1.54, 1.807) is 20.8 Å². The highest BCUT2D eigenvalue weighted by atomic mass is 19.4. The van der Waals surface area contributed by atoms with E-state index in [9.17, 15) is 23.4 Å². The number of aliphatic hydroxyl groups is 2. The molecule has 0 saturated heterocycles. The van der Waals surface area contributed by atoms with Crippen molar-refractivity contribution in [3.05, 3.63) is 23.3 Å². The molecule has 0 spiro atoms. The van der Waals surface area contributed by atoms with Gasteiger partial charge in [0.2, 0.25) is 5.60 Å². The number of rotatable bonds is 2. The highest BCUT2D eigenvalue weighted by Gasteiger charge is 2.55. The lowest BCUT2D eigenvalue weighted by Crippen LogP contribution is -2.42. The van der Waals surface area contributed by atoms with Crippen molar-refractivity contribution >= 4 is 0 Å². The van der Waals surface area contributed by atoms with Crippen LogP contribution < -0.4 is 0 Å². The highest BCUT2D eigenvalue weighted by molar-refractivity contribution is 5.61. The van der Waals surface area contributed by atoms with Crippen LogP contribution in [-0.2, 0) is 17.6 Å². The van der Waals surface area contributed by atoms with Crippen molar-refractivity contribution in [1.29, 1.82) is 0 Å². The summed E-state index contributed by atoms with van der Waals surface area (Å²) in [5.41, 5.74) is -3.04. The summed E-state index contributed by atoms with van der Waals surface area (Å²) < 4.78 is 46.1. The Labute approximate surface area is 135 Å². The van der Waals surface area contributed by atoms with Gasteiger partial charge in [-0.3, -0.25) is 0 Å². The maximum atomic E-state index is 13.2. The van der Waals surface area contributed by atoms with Crippen LogP contribution in [0.15, 0.2) is 10.7 Å². The molecule has 1 aliphatic rings. The van der Waals surface area contributed by atoms with Crippen LogP contribution in [0.2, 0.25) is 0 Å². The third-order valence-corrected chi connectivity index (χ3v) is 4.32. The summed E-state index contributed by atoms with van der Waals surface area (Å²) in [6.45, 7) is 5.50. The van der Waals surface area contributed by atoms with E-state index in [0.29, 0.717) is 30.3 Å². The van der Waals surface area contributed by atoms with E-state index in [-0.39, 0.29) is 5.76 Å². The predicted octanol–water partition coefficient (Wildman–Crippen LogP) is 2.65. The van der Waals surface area contributed by atoms with Crippen LogP contribution in [-0.4, -0.2) is 31.1 Å². The molecule has 0 radical (unpaired) electrons. The SMILES string of the molecule is C[C@@H]1Cc2c(C(C)(C)O)noc2-c2cnc([C@](C)(O)C(F)(F)F)n21. The average molecular weight is 345 g/mol. The molecule has 2 N–H and O–H groups in total. The first-order chi connectivity index (χ1) is 10.9. The fourth-order valence-electron chi connectivity index (χ4n) is 3.03. The molecule has 0 amide bonds. The molecule has 3 rings (SSSR count). The smallest absolute Gasteiger partial charge is 0.384 e. The quantitative estimate of drug-likeness (QED) is 0.874. The monoisotopic (exact) mass is 345 g/mol. The minimum Gasteiger partial charge on any atom is -0.384 e. The highest BCUT2D eigenvalue weighted by Crippen LogP contribution is 2.44. The minimum atomic E-state index is -4.87. The Kier molecular flexibility index (Phi) is 3.41.